The topological polar surface area (TPSA) is 60.5 Å². The van der Waals surface area contributed by atoms with Crippen molar-refractivity contribution in [1.29, 1.82) is 0 Å². The van der Waals surface area contributed by atoms with Crippen LogP contribution in [-0.4, -0.2) is 48.3 Å². The second kappa shape index (κ2) is 15.6. The van der Waals surface area contributed by atoms with E-state index in [9.17, 15) is 4.79 Å². The van der Waals surface area contributed by atoms with Crippen LogP contribution in [0.25, 0.3) is 0 Å². The maximum absolute atomic E-state index is 12.2. The van der Waals surface area contributed by atoms with E-state index in [0.717, 1.165) is 66.8 Å². The van der Waals surface area contributed by atoms with E-state index in [0.29, 0.717) is 13.0 Å². The van der Waals surface area contributed by atoms with Crippen molar-refractivity contribution in [1.82, 2.24) is 10.3 Å². The van der Waals surface area contributed by atoms with E-state index in [-0.39, 0.29) is 5.91 Å². The van der Waals surface area contributed by atoms with Crippen molar-refractivity contribution in [2.75, 3.05) is 27.2 Å². The molecule has 1 aliphatic rings. The predicted molar refractivity (Wildman–Crippen MR) is 148 cm³/mol. The molecule has 0 saturated carbocycles. The molecule has 0 radical (unpaired) electrons. The van der Waals surface area contributed by atoms with Crippen molar-refractivity contribution in [3.63, 3.8) is 0 Å². The first-order valence-corrected chi connectivity index (χ1v) is 14.6. The third-order valence-electron chi connectivity index (χ3n) is 7.32. The Hall–Kier alpha value is -1.66. The molecular weight excluding hydrogens is 450 g/mol. The molecule has 0 fully saturated rings. The van der Waals surface area contributed by atoms with Crippen molar-refractivity contribution in [3.05, 3.63) is 23.0 Å². The molecule has 206 valence electrons. The van der Waals surface area contributed by atoms with Gasteiger partial charge in [-0.1, -0.05) is 65.2 Å². The van der Waals surface area contributed by atoms with Gasteiger partial charge in [-0.15, -0.1) is 0 Å². The zero-order valence-corrected chi connectivity index (χ0v) is 24.2. The highest BCUT2D eigenvalue weighted by molar-refractivity contribution is 5.75. The number of pyridine rings is 1. The largest absolute Gasteiger partial charge is 0.460 e. The lowest BCUT2D eigenvalue weighted by atomic mass is 10.0. The van der Waals surface area contributed by atoms with Crippen LogP contribution < -0.4 is 10.1 Å². The predicted octanol–water partition coefficient (Wildman–Crippen LogP) is 6.82. The number of amides is 1. The summed E-state index contributed by atoms with van der Waals surface area (Å²) in [5.74, 6) is 0.534. The Labute approximate surface area is 221 Å². The van der Waals surface area contributed by atoms with Gasteiger partial charge in [0.1, 0.15) is 12.3 Å². The van der Waals surface area contributed by atoms with Gasteiger partial charge in [-0.3, -0.25) is 9.78 Å². The molecule has 1 unspecified atom stereocenters. The van der Waals surface area contributed by atoms with E-state index in [1.165, 1.54) is 56.9 Å². The number of quaternary nitrogens is 1. The summed E-state index contributed by atoms with van der Waals surface area (Å²) in [6.45, 7) is 11.6. The van der Waals surface area contributed by atoms with Crippen LogP contribution in [0, 0.1) is 6.92 Å². The molecule has 1 aliphatic heterocycles. The van der Waals surface area contributed by atoms with Gasteiger partial charge in [-0.2, -0.15) is 0 Å². The summed E-state index contributed by atoms with van der Waals surface area (Å²) < 4.78 is 13.3. The molecule has 36 heavy (non-hydrogen) atoms. The van der Waals surface area contributed by atoms with Crippen LogP contribution in [-0.2, 0) is 22.7 Å². The quantitative estimate of drug-likeness (QED) is 0.176. The van der Waals surface area contributed by atoms with Gasteiger partial charge in [0.05, 0.1) is 32.9 Å². The highest BCUT2D eigenvalue weighted by atomic mass is 16.7. The van der Waals surface area contributed by atoms with E-state index in [1.807, 2.05) is 20.0 Å². The minimum atomic E-state index is -0.566. The molecule has 2 heterocycles. The number of unbranched alkanes of at least 4 members (excludes halogenated alkanes) is 8. The molecule has 0 spiro atoms. The average molecular weight is 505 g/mol. The van der Waals surface area contributed by atoms with Gasteiger partial charge in [0.2, 0.25) is 11.7 Å². The molecule has 0 saturated heterocycles. The molecule has 0 aromatic carbocycles. The van der Waals surface area contributed by atoms with Crippen molar-refractivity contribution >= 4 is 5.91 Å². The highest BCUT2D eigenvalue weighted by Gasteiger charge is 2.35. The van der Waals surface area contributed by atoms with Gasteiger partial charge in [0, 0.05) is 50.1 Å². The number of rotatable bonds is 18. The first-order chi connectivity index (χ1) is 17.2. The fraction of sp³-hybridized carbons (Fsp3) is 0.800. The minimum absolute atomic E-state index is 0.199. The van der Waals surface area contributed by atoms with Crippen molar-refractivity contribution in [2.24, 2.45) is 0 Å². The average Bonchev–Trinajstić information content (AvgIpc) is 2.83. The molecule has 0 aliphatic carbocycles. The number of carbonyl (C=O) groups is 1. The Bertz CT molecular complexity index is 796. The normalized spacial score (nSPS) is 17.5. The number of fused-ring (bicyclic) bond motifs is 1. The maximum atomic E-state index is 12.2. The molecule has 1 amide bonds. The molecular formula is C30H54N3O3+. The number of ether oxygens (including phenoxy) is 2. The van der Waals surface area contributed by atoms with E-state index < -0.39 is 5.79 Å². The van der Waals surface area contributed by atoms with Crippen LogP contribution in [0.4, 0.5) is 0 Å². The van der Waals surface area contributed by atoms with Crippen LogP contribution in [0.2, 0.25) is 0 Å². The van der Waals surface area contributed by atoms with Gasteiger partial charge in [-0.25, -0.2) is 0 Å². The van der Waals surface area contributed by atoms with Gasteiger partial charge >= 0.3 is 0 Å². The summed E-state index contributed by atoms with van der Waals surface area (Å²) in [6.07, 6.45) is 17.0. The lowest BCUT2D eigenvalue weighted by Gasteiger charge is -2.38. The van der Waals surface area contributed by atoms with Gasteiger partial charge < -0.3 is 19.3 Å². The van der Waals surface area contributed by atoms with E-state index in [4.69, 9.17) is 9.47 Å². The Balaban J connectivity index is 1.68. The number of carbonyl (C=O) groups excluding carboxylic acids is 1. The second-order valence-electron chi connectivity index (χ2n) is 11.6. The Morgan fingerprint density at radius 1 is 1.03 bits per heavy atom. The Morgan fingerprint density at radius 3 is 2.36 bits per heavy atom. The smallest absolute Gasteiger partial charge is 0.219 e. The van der Waals surface area contributed by atoms with Crippen LogP contribution >= 0.6 is 0 Å². The SMILES string of the molecule is CCCCCCCCCCCC(=O)NCCC[N+](C)(C)Cc1cnc(C)c2c1COC(C)(CCC)O2. The van der Waals surface area contributed by atoms with Gasteiger partial charge in [0.15, 0.2) is 0 Å². The molecule has 2 rings (SSSR count). The molecule has 0 bridgehead atoms. The summed E-state index contributed by atoms with van der Waals surface area (Å²) in [4.78, 5) is 16.8. The summed E-state index contributed by atoms with van der Waals surface area (Å²) in [6, 6.07) is 0. The number of nitrogens with zero attached hydrogens (tertiary/aromatic N) is 2. The first kappa shape index (κ1) is 30.6. The minimum Gasteiger partial charge on any atom is -0.460 e. The number of aromatic nitrogens is 1. The second-order valence-corrected chi connectivity index (χ2v) is 11.6. The van der Waals surface area contributed by atoms with Crippen molar-refractivity contribution in [2.45, 2.75) is 130 Å². The molecule has 1 aromatic heterocycles. The van der Waals surface area contributed by atoms with Gasteiger partial charge in [-0.05, 0) is 19.8 Å². The van der Waals surface area contributed by atoms with Crippen LogP contribution in [0.15, 0.2) is 6.20 Å². The van der Waals surface area contributed by atoms with Crippen molar-refractivity contribution < 1.29 is 18.8 Å². The maximum Gasteiger partial charge on any atom is 0.219 e. The summed E-state index contributed by atoms with van der Waals surface area (Å²) >= 11 is 0. The zero-order valence-electron chi connectivity index (χ0n) is 24.2. The summed E-state index contributed by atoms with van der Waals surface area (Å²) in [5.41, 5.74) is 3.25. The van der Waals surface area contributed by atoms with E-state index in [2.05, 4.69) is 38.2 Å². The Morgan fingerprint density at radius 2 is 1.69 bits per heavy atom. The van der Waals surface area contributed by atoms with Crippen LogP contribution in [0.3, 0.4) is 0 Å². The highest BCUT2D eigenvalue weighted by Crippen LogP contribution is 2.37. The molecule has 6 heteroatoms. The molecule has 6 nitrogen and oxygen atoms in total. The van der Waals surface area contributed by atoms with Crippen molar-refractivity contribution in [3.8, 4) is 5.75 Å². The lowest BCUT2D eigenvalue weighted by molar-refractivity contribution is -0.903. The standard InChI is InChI=1S/C30H53N3O3/c1-7-9-10-11-12-13-14-15-16-18-28(34)31-20-17-21-33(5,6)23-26-22-32-25(3)29-27(26)24-35-30(4,36-29)19-8-2/h22H,7-21,23-24H2,1-6H3/p+1. The molecule has 1 aromatic rings. The third-order valence-corrected chi connectivity index (χ3v) is 7.32. The number of hydrogen-bond donors (Lipinski definition) is 1. The zero-order chi connectivity index (χ0) is 26.4. The van der Waals surface area contributed by atoms with Crippen LogP contribution in [0.5, 0.6) is 5.75 Å². The summed E-state index contributed by atoms with van der Waals surface area (Å²) in [7, 11) is 4.48. The fourth-order valence-electron chi connectivity index (χ4n) is 5.11. The molecule has 1 atom stereocenters. The van der Waals surface area contributed by atoms with E-state index in [1.54, 1.807) is 0 Å². The van der Waals surface area contributed by atoms with Crippen LogP contribution in [0.1, 0.15) is 121 Å². The Kier molecular flexibility index (Phi) is 13.2. The third kappa shape index (κ3) is 10.8. The monoisotopic (exact) mass is 504 g/mol. The summed E-state index contributed by atoms with van der Waals surface area (Å²) in [5, 5.41) is 3.12. The number of aryl methyl sites for hydroxylation is 1. The number of nitrogens with one attached hydrogen (secondary N) is 1. The van der Waals surface area contributed by atoms with E-state index >= 15 is 0 Å². The number of hydrogen-bond acceptors (Lipinski definition) is 4. The first-order valence-electron chi connectivity index (χ1n) is 14.6. The molecule has 1 N–H and O–H groups in total. The van der Waals surface area contributed by atoms with Gasteiger partial charge in [0.25, 0.3) is 0 Å². The fourth-order valence-corrected chi connectivity index (χ4v) is 5.11. The lowest BCUT2D eigenvalue weighted by Crippen LogP contribution is -2.42.